The van der Waals surface area contributed by atoms with E-state index in [1.807, 2.05) is 6.07 Å². The number of para-hydroxylation sites is 1. The number of alkyl halides is 2. The molecule has 0 aliphatic carbocycles. The van der Waals surface area contributed by atoms with E-state index < -0.39 is 39.0 Å². The quantitative estimate of drug-likeness (QED) is 0.515. The molecule has 0 unspecified atom stereocenters. The summed E-state index contributed by atoms with van der Waals surface area (Å²) in [6.45, 7) is -0.910. The van der Waals surface area contributed by atoms with Crippen molar-refractivity contribution in [1.82, 2.24) is 0 Å². The second kappa shape index (κ2) is 9.05. The lowest BCUT2D eigenvalue weighted by molar-refractivity contribution is -0.121. The Bertz CT molecular complexity index is 987. The van der Waals surface area contributed by atoms with Gasteiger partial charge in [0.15, 0.2) is 6.61 Å². The summed E-state index contributed by atoms with van der Waals surface area (Å²) < 4.78 is 52.6. The topological polar surface area (TPSA) is 105 Å². The van der Waals surface area contributed by atoms with E-state index in [9.17, 15) is 26.8 Å². The van der Waals surface area contributed by atoms with Crippen LogP contribution in [0.2, 0.25) is 0 Å². The van der Waals surface area contributed by atoms with E-state index >= 15 is 0 Å². The van der Waals surface area contributed by atoms with Crippen LogP contribution in [0.4, 0.5) is 14.5 Å². The lowest BCUT2D eigenvalue weighted by atomic mass is 10.2. The van der Waals surface area contributed by atoms with Gasteiger partial charge in [-0.3, -0.25) is 9.69 Å². The number of carbonyl (C=O) groups is 2. The fourth-order valence-electron chi connectivity index (χ4n) is 2.17. The minimum atomic E-state index is -4.77. The summed E-state index contributed by atoms with van der Waals surface area (Å²) in [5.74, 6) is -5.16. The molecular formula is C18H14F2N2O5S. The summed E-state index contributed by atoms with van der Waals surface area (Å²) in [5, 5.41) is 8.88. The zero-order valence-electron chi connectivity index (χ0n) is 14.3. The van der Waals surface area contributed by atoms with Gasteiger partial charge in [-0.15, -0.1) is 0 Å². The SMILES string of the molecule is N#CCN(C(=O)COC(=O)c1ccc(S(=O)(=O)C(F)F)cc1)c1ccccc1. The highest BCUT2D eigenvalue weighted by Gasteiger charge is 2.26. The van der Waals surface area contributed by atoms with Gasteiger partial charge < -0.3 is 4.74 Å². The number of ether oxygens (including phenoxy) is 1. The molecule has 0 aliphatic heterocycles. The number of nitriles is 1. The lowest BCUT2D eigenvalue weighted by Gasteiger charge is -2.19. The highest BCUT2D eigenvalue weighted by atomic mass is 32.2. The molecule has 0 fully saturated rings. The molecule has 2 aromatic rings. The number of amides is 1. The largest absolute Gasteiger partial charge is 0.452 e. The standard InChI is InChI=1S/C18H14F2N2O5S/c19-18(20)28(25,26)15-8-6-13(7-9-15)17(24)27-12-16(23)22(11-10-21)14-4-2-1-3-5-14/h1-9,18H,11-12H2. The number of benzene rings is 2. The van der Waals surface area contributed by atoms with E-state index in [1.165, 1.54) is 0 Å². The molecule has 0 spiro atoms. The first-order valence-electron chi connectivity index (χ1n) is 7.79. The molecule has 7 nitrogen and oxygen atoms in total. The molecule has 0 atom stereocenters. The molecule has 1 amide bonds. The first-order chi connectivity index (χ1) is 13.3. The van der Waals surface area contributed by atoms with Gasteiger partial charge in [-0.25, -0.2) is 13.2 Å². The molecular weight excluding hydrogens is 394 g/mol. The van der Waals surface area contributed by atoms with E-state index in [1.54, 1.807) is 30.3 Å². The van der Waals surface area contributed by atoms with Crippen molar-refractivity contribution in [2.75, 3.05) is 18.1 Å². The molecule has 0 heterocycles. The van der Waals surface area contributed by atoms with Crippen molar-refractivity contribution in [2.24, 2.45) is 0 Å². The fourth-order valence-corrected chi connectivity index (χ4v) is 2.90. The fraction of sp³-hybridized carbons (Fsp3) is 0.167. The van der Waals surface area contributed by atoms with Gasteiger partial charge in [0.25, 0.3) is 5.91 Å². The van der Waals surface area contributed by atoms with E-state index in [0.29, 0.717) is 5.69 Å². The predicted molar refractivity (Wildman–Crippen MR) is 94.3 cm³/mol. The summed E-state index contributed by atoms with van der Waals surface area (Å²) in [6, 6.07) is 13.9. The summed E-state index contributed by atoms with van der Waals surface area (Å²) in [4.78, 5) is 24.8. The molecule has 28 heavy (non-hydrogen) atoms. The Morgan fingerprint density at radius 3 is 2.21 bits per heavy atom. The van der Waals surface area contributed by atoms with Crippen LogP contribution < -0.4 is 4.90 Å². The minimum Gasteiger partial charge on any atom is -0.452 e. The predicted octanol–water partition coefficient (Wildman–Crippen LogP) is 2.40. The van der Waals surface area contributed by atoms with Crippen molar-refractivity contribution in [3.8, 4) is 6.07 Å². The minimum absolute atomic E-state index is 0.118. The third-order valence-electron chi connectivity index (χ3n) is 3.58. The van der Waals surface area contributed by atoms with Gasteiger partial charge in [-0.2, -0.15) is 14.0 Å². The number of hydrogen-bond acceptors (Lipinski definition) is 6. The van der Waals surface area contributed by atoms with E-state index in [-0.39, 0.29) is 12.1 Å². The molecule has 10 heteroatoms. The van der Waals surface area contributed by atoms with E-state index in [0.717, 1.165) is 29.2 Å². The lowest BCUT2D eigenvalue weighted by Crippen LogP contribution is -2.35. The second-order valence-electron chi connectivity index (χ2n) is 5.38. The van der Waals surface area contributed by atoms with Crippen molar-refractivity contribution < 1.29 is 31.5 Å². The molecule has 2 rings (SSSR count). The monoisotopic (exact) mass is 408 g/mol. The number of halogens is 2. The number of sulfone groups is 1. The van der Waals surface area contributed by atoms with Crippen LogP contribution in [0.1, 0.15) is 10.4 Å². The summed E-state index contributed by atoms with van der Waals surface area (Å²) in [5.41, 5.74) is 0.333. The van der Waals surface area contributed by atoms with Crippen molar-refractivity contribution in [3.63, 3.8) is 0 Å². The smallest absolute Gasteiger partial charge is 0.341 e. The molecule has 0 aliphatic rings. The van der Waals surface area contributed by atoms with Crippen LogP contribution in [-0.4, -0.2) is 39.2 Å². The van der Waals surface area contributed by atoms with Crippen LogP contribution in [0, 0.1) is 11.3 Å². The second-order valence-corrected chi connectivity index (χ2v) is 7.30. The maximum Gasteiger partial charge on any atom is 0.341 e. The third kappa shape index (κ3) is 4.89. The van der Waals surface area contributed by atoms with Crippen LogP contribution in [0.5, 0.6) is 0 Å². The Morgan fingerprint density at radius 2 is 1.68 bits per heavy atom. The Morgan fingerprint density at radius 1 is 1.07 bits per heavy atom. The summed E-state index contributed by atoms with van der Waals surface area (Å²) >= 11 is 0. The molecule has 0 saturated carbocycles. The van der Waals surface area contributed by atoms with E-state index in [2.05, 4.69) is 0 Å². The zero-order chi connectivity index (χ0) is 20.7. The number of nitrogens with zero attached hydrogens (tertiary/aromatic N) is 2. The van der Waals surface area contributed by atoms with Crippen LogP contribution in [0.25, 0.3) is 0 Å². The Balaban J connectivity index is 2.05. The third-order valence-corrected chi connectivity index (χ3v) is 4.98. The van der Waals surface area contributed by atoms with Gasteiger partial charge in [0, 0.05) is 5.69 Å². The highest BCUT2D eigenvalue weighted by molar-refractivity contribution is 7.91. The first-order valence-corrected chi connectivity index (χ1v) is 9.33. The van der Waals surface area contributed by atoms with Crippen LogP contribution in [0.3, 0.4) is 0 Å². The first kappa shape index (κ1) is 21.0. The van der Waals surface area contributed by atoms with Gasteiger partial charge in [-0.05, 0) is 36.4 Å². The molecule has 0 bridgehead atoms. The summed E-state index contributed by atoms with van der Waals surface area (Å²) in [7, 11) is -4.77. The highest BCUT2D eigenvalue weighted by Crippen LogP contribution is 2.19. The van der Waals surface area contributed by atoms with Crippen molar-refractivity contribution in [2.45, 2.75) is 10.7 Å². The average molecular weight is 408 g/mol. The maximum absolute atomic E-state index is 12.5. The van der Waals surface area contributed by atoms with Crippen molar-refractivity contribution >= 4 is 27.4 Å². The molecule has 2 aromatic carbocycles. The molecule has 146 valence electrons. The number of esters is 1. The average Bonchev–Trinajstić information content (AvgIpc) is 2.70. The van der Waals surface area contributed by atoms with Gasteiger partial charge in [0.05, 0.1) is 16.5 Å². The van der Waals surface area contributed by atoms with Crippen LogP contribution in [0.15, 0.2) is 59.5 Å². The maximum atomic E-state index is 12.5. The Kier molecular flexibility index (Phi) is 6.79. The number of hydrogen-bond donors (Lipinski definition) is 0. The van der Waals surface area contributed by atoms with Gasteiger partial charge in [0.1, 0.15) is 6.54 Å². The Labute approximate surface area is 159 Å². The normalized spacial score (nSPS) is 10.9. The zero-order valence-corrected chi connectivity index (χ0v) is 15.1. The number of carbonyl (C=O) groups excluding carboxylic acids is 2. The molecule has 0 radical (unpaired) electrons. The van der Waals surface area contributed by atoms with Gasteiger partial charge in [0.2, 0.25) is 9.84 Å². The molecule has 0 aromatic heterocycles. The number of rotatable bonds is 7. The van der Waals surface area contributed by atoms with Crippen molar-refractivity contribution in [1.29, 1.82) is 5.26 Å². The van der Waals surface area contributed by atoms with Crippen LogP contribution >= 0.6 is 0 Å². The van der Waals surface area contributed by atoms with Crippen LogP contribution in [-0.2, 0) is 19.4 Å². The number of anilines is 1. The molecule has 0 N–H and O–H groups in total. The molecule has 0 saturated heterocycles. The van der Waals surface area contributed by atoms with Gasteiger partial charge >= 0.3 is 11.7 Å². The van der Waals surface area contributed by atoms with Crippen molar-refractivity contribution in [3.05, 3.63) is 60.2 Å². The summed E-state index contributed by atoms with van der Waals surface area (Å²) in [6.07, 6.45) is 0. The Hall–Kier alpha value is -3.32. The van der Waals surface area contributed by atoms with E-state index in [4.69, 9.17) is 10.00 Å². The van der Waals surface area contributed by atoms with Gasteiger partial charge in [-0.1, -0.05) is 18.2 Å².